The third-order valence-electron chi connectivity index (χ3n) is 11.0. The van der Waals surface area contributed by atoms with Crippen LogP contribution in [0.5, 0.6) is 11.5 Å². The first kappa shape index (κ1) is 33.6. The predicted molar refractivity (Wildman–Crippen MR) is 213 cm³/mol. The van der Waals surface area contributed by atoms with Crippen molar-refractivity contribution in [3.05, 3.63) is 151 Å². The first-order valence-electron chi connectivity index (χ1n) is 18.8. The zero-order valence-corrected chi connectivity index (χ0v) is 32.3. The number of hydrogen-bond acceptors (Lipinski definition) is 3. The summed E-state index contributed by atoms with van der Waals surface area (Å²) in [7, 11) is 0. The second-order valence-electron chi connectivity index (χ2n) is 14.2. The molecule has 0 fully saturated rings. The van der Waals surface area contributed by atoms with Gasteiger partial charge in [0.1, 0.15) is 0 Å². The van der Waals surface area contributed by atoms with E-state index in [0.717, 1.165) is 43.6 Å². The van der Waals surface area contributed by atoms with E-state index in [1.165, 1.54) is 77.1 Å². The quantitative estimate of drug-likeness (QED) is 0.130. The summed E-state index contributed by atoms with van der Waals surface area (Å²) in [5, 5.41) is 7.22. The van der Waals surface area contributed by atoms with Crippen molar-refractivity contribution in [3.8, 4) is 45.3 Å². The van der Waals surface area contributed by atoms with E-state index < -0.39 is 0 Å². The van der Waals surface area contributed by atoms with Gasteiger partial charge in [0.2, 0.25) is 0 Å². The fraction of sp³-hybridized carbons (Fsp3) is 0.191. The Morgan fingerprint density at radius 2 is 1.49 bits per heavy atom. The van der Waals surface area contributed by atoms with E-state index in [-0.39, 0.29) is 5.41 Å². The summed E-state index contributed by atoms with van der Waals surface area (Å²) >= 11 is 2.40. The van der Waals surface area contributed by atoms with Crippen molar-refractivity contribution in [1.29, 1.82) is 0 Å². The van der Waals surface area contributed by atoms with Crippen molar-refractivity contribution in [2.24, 2.45) is 0 Å². The van der Waals surface area contributed by atoms with E-state index in [2.05, 4.69) is 141 Å². The number of unbranched alkanes of at least 4 members (excludes halogenated alkanes) is 2. The molecule has 265 valence electrons. The predicted octanol–water partition coefficient (Wildman–Crippen LogP) is 11.6. The van der Waals surface area contributed by atoms with E-state index in [1.54, 1.807) is 0 Å². The molecular weight excluding hydrogens is 832 g/mol. The van der Waals surface area contributed by atoms with Crippen molar-refractivity contribution in [2.45, 2.75) is 57.8 Å². The van der Waals surface area contributed by atoms with Gasteiger partial charge in [0.25, 0.3) is 0 Å². The number of rotatable bonds is 11. The van der Waals surface area contributed by atoms with Crippen LogP contribution in [0.15, 0.2) is 140 Å². The van der Waals surface area contributed by atoms with E-state index in [1.807, 2.05) is 41.3 Å². The standard InChI is InChI=1S/C47H41N4O.Pt/c1-3-5-25-47(26-6-4-2)42-18-9-7-16-38(42)39-23-21-33(28-43(39)47)34-31-49-50(32-34)35-14-13-15-36(29-35)52-37-22-24-41-40-17-8-10-19-44(40)51(45(41)30-37)46-20-11-12-27-48-46;/h7-24,27-29,31-32H,3-6,25-26H2,1-2H3;. The summed E-state index contributed by atoms with van der Waals surface area (Å²) in [5.41, 5.74) is 11.3. The van der Waals surface area contributed by atoms with Gasteiger partial charge in [-0.25, -0.2) is 0 Å². The van der Waals surface area contributed by atoms with Crippen molar-refractivity contribution >= 4 is 25.8 Å². The fourth-order valence-corrected chi connectivity index (χ4v) is 9.33. The molecule has 0 radical (unpaired) electrons. The Morgan fingerprint density at radius 3 is 2.32 bits per heavy atom. The maximum absolute atomic E-state index is 6.64. The molecule has 0 aliphatic heterocycles. The monoisotopic (exact) mass is 872 g/mol. The van der Waals surface area contributed by atoms with Gasteiger partial charge in [-0.15, -0.1) is 0 Å². The second kappa shape index (κ2) is 13.9. The Kier molecular flexibility index (Phi) is 8.84. The number of aromatic nitrogens is 4. The van der Waals surface area contributed by atoms with E-state index in [9.17, 15) is 0 Å². The normalized spacial score (nSPS) is 13.1. The summed E-state index contributed by atoms with van der Waals surface area (Å²) in [6, 6.07) is 43.1. The topological polar surface area (TPSA) is 44.9 Å². The Balaban J connectivity index is 1.05. The van der Waals surface area contributed by atoms with Gasteiger partial charge in [-0.2, -0.15) is 0 Å². The fourth-order valence-electron chi connectivity index (χ4n) is 8.46. The molecule has 5 aromatic carbocycles. The van der Waals surface area contributed by atoms with Crippen molar-refractivity contribution < 1.29 is 24.6 Å². The van der Waals surface area contributed by atoms with Crippen LogP contribution in [0.2, 0.25) is 0 Å². The SMILES string of the molecule is CCCCC1(CCCC)c2ccccc2-c2ccc(-c3cnn(-c4cccc(Oc5ccc6c7ccccc7n(-c7ccccn7)c6[c]5[Pt])c4)c3)cc21. The number of para-hydroxylation sites is 1. The molecule has 0 amide bonds. The van der Waals surface area contributed by atoms with Crippen LogP contribution >= 0.6 is 0 Å². The molecule has 9 rings (SSSR count). The summed E-state index contributed by atoms with van der Waals surface area (Å²) in [6.45, 7) is 4.62. The Hall–Kier alpha value is -5.25. The number of hydrogen-bond donors (Lipinski definition) is 0. The van der Waals surface area contributed by atoms with E-state index in [0.29, 0.717) is 0 Å². The number of pyridine rings is 1. The van der Waals surface area contributed by atoms with Gasteiger partial charge < -0.3 is 0 Å². The first-order valence-corrected chi connectivity index (χ1v) is 19.9. The van der Waals surface area contributed by atoms with Gasteiger partial charge in [0, 0.05) is 5.41 Å². The first-order chi connectivity index (χ1) is 26.1. The van der Waals surface area contributed by atoms with Crippen LogP contribution in [0, 0.1) is 0 Å². The molecular formula is C47H41N4OPt. The molecule has 3 heterocycles. The molecule has 1 aliphatic rings. The number of benzene rings is 5. The molecule has 5 nitrogen and oxygen atoms in total. The Labute approximate surface area is 322 Å². The molecule has 0 spiro atoms. The van der Waals surface area contributed by atoms with Gasteiger partial charge in [-0.1, -0.05) is 63.8 Å². The zero-order chi connectivity index (χ0) is 35.9. The minimum atomic E-state index is 0.0577. The molecule has 0 N–H and O–H groups in total. The average molecular weight is 873 g/mol. The van der Waals surface area contributed by atoms with E-state index in [4.69, 9.17) is 14.8 Å². The van der Waals surface area contributed by atoms with Gasteiger partial charge in [0.05, 0.1) is 0 Å². The van der Waals surface area contributed by atoms with Gasteiger partial charge in [-0.3, -0.25) is 0 Å². The third kappa shape index (κ3) is 5.74. The number of fused-ring (bicyclic) bond motifs is 6. The summed E-state index contributed by atoms with van der Waals surface area (Å²) in [5.74, 6) is 2.43. The molecule has 8 aromatic rings. The van der Waals surface area contributed by atoms with Crippen LogP contribution in [-0.4, -0.2) is 19.3 Å². The van der Waals surface area contributed by atoms with E-state index >= 15 is 0 Å². The van der Waals surface area contributed by atoms with Crippen molar-refractivity contribution in [3.63, 3.8) is 0 Å². The Bertz CT molecular complexity index is 2590. The van der Waals surface area contributed by atoms with Crippen LogP contribution in [0.1, 0.15) is 63.5 Å². The summed E-state index contributed by atoms with van der Waals surface area (Å²) < 4.78 is 11.9. The summed E-state index contributed by atoms with van der Waals surface area (Å²) in [6.07, 6.45) is 13.2. The molecule has 6 heteroatoms. The maximum atomic E-state index is 6.64. The average Bonchev–Trinajstić information content (AvgIpc) is 3.91. The van der Waals surface area contributed by atoms with Crippen molar-refractivity contribution in [1.82, 2.24) is 19.3 Å². The van der Waals surface area contributed by atoms with Gasteiger partial charge in [-0.05, 0) is 29.5 Å². The number of ether oxygens (including phenoxy) is 1. The zero-order valence-electron chi connectivity index (χ0n) is 30.0. The van der Waals surface area contributed by atoms with Crippen LogP contribution in [0.25, 0.3) is 55.6 Å². The third-order valence-corrected chi connectivity index (χ3v) is 12.1. The van der Waals surface area contributed by atoms with Gasteiger partial charge in [0.15, 0.2) is 0 Å². The molecule has 0 atom stereocenters. The summed E-state index contributed by atoms with van der Waals surface area (Å²) in [4.78, 5) is 4.71. The van der Waals surface area contributed by atoms with Crippen LogP contribution in [-0.2, 0) is 25.2 Å². The van der Waals surface area contributed by atoms with Crippen LogP contribution in [0.4, 0.5) is 0 Å². The molecule has 0 saturated heterocycles. The minimum absolute atomic E-state index is 0.0577. The molecule has 3 aromatic heterocycles. The van der Waals surface area contributed by atoms with Crippen molar-refractivity contribution in [2.75, 3.05) is 0 Å². The molecule has 1 aliphatic carbocycles. The van der Waals surface area contributed by atoms with Crippen LogP contribution < -0.4 is 8.69 Å². The molecule has 0 unspecified atom stereocenters. The molecule has 0 saturated carbocycles. The second-order valence-corrected chi connectivity index (χ2v) is 15.3. The molecule has 0 bridgehead atoms. The molecule has 53 heavy (non-hydrogen) atoms. The Morgan fingerprint density at radius 1 is 0.698 bits per heavy atom. The van der Waals surface area contributed by atoms with Gasteiger partial charge >= 0.3 is 225 Å². The number of nitrogens with zero attached hydrogens (tertiary/aromatic N) is 4. The van der Waals surface area contributed by atoms with Crippen LogP contribution in [0.3, 0.4) is 0 Å².